The Morgan fingerprint density at radius 3 is 1.50 bits per heavy atom. The van der Waals surface area contributed by atoms with E-state index in [0.717, 1.165) is 40.8 Å². The summed E-state index contributed by atoms with van der Waals surface area (Å²) in [6.07, 6.45) is 0.825. The Balaban J connectivity index is 0.000000398. The van der Waals surface area contributed by atoms with Crippen LogP contribution < -0.4 is 9.64 Å². The molecule has 5 nitrogen and oxygen atoms in total. The van der Waals surface area contributed by atoms with Crippen LogP contribution in [0.4, 0.5) is 5.69 Å². The number of para-hydroxylation sites is 2. The van der Waals surface area contributed by atoms with E-state index >= 15 is 0 Å². The minimum atomic E-state index is -0.572. The number of aromatic hydroxyl groups is 1. The zero-order valence-corrected chi connectivity index (χ0v) is 40.9. The number of phenolic OH excluding ortho intramolecular Hbond substituents is 1. The number of benzene rings is 7. The normalized spacial score (nSPS) is 10.1. The predicted octanol–water partition coefficient (Wildman–Crippen LogP) is 14.5. The quantitative estimate of drug-likeness (QED) is 0.0751. The Hall–Kier alpha value is -6.10. The summed E-state index contributed by atoms with van der Waals surface area (Å²) < 4.78 is 11.7. The van der Waals surface area contributed by atoms with E-state index in [9.17, 15) is 9.90 Å². The van der Waals surface area contributed by atoms with Crippen molar-refractivity contribution >= 4 is 11.7 Å². The number of rotatable bonds is 12. The van der Waals surface area contributed by atoms with Gasteiger partial charge in [0.1, 0.15) is 23.7 Å². The minimum Gasteiger partial charge on any atom is -0.506 e. The second kappa shape index (κ2) is 27.9. The van der Waals surface area contributed by atoms with E-state index in [-0.39, 0.29) is 44.1 Å². The molecule has 0 unspecified atom stereocenters. The van der Waals surface area contributed by atoms with Crippen molar-refractivity contribution in [1.29, 1.82) is 0 Å². The second-order valence-electron chi connectivity index (χ2n) is 15.9. The Labute approximate surface area is 403 Å². The van der Waals surface area contributed by atoms with Gasteiger partial charge in [-0.05, 0) is 54.0 Å². The molecule has 0 spiro atoms. The molecule has 0 aliphatic carbocycles. The molecule has 7 aromatic carbocycles. The van der Waals surface area contributed by atoms with Crippen LogP contribution >= 0.6 is 0 Å². The van der Waals surface area contributed by atoms with E-state index in [0.29, 0.717) is 29.8 Å². The molecule has 0 atom stereocenters. The first-order chi connectivity index (χ1) is 30.3. The number of hydrogen-bond donors (Lipinski definition) is 1. The standard InChI is InChI=1S/C37H43NO4.3C7H7.Zr/c1-25(2)32-22-27(5)23-33(26(3)4)35(32)38(6)20-13-21-41-34-19-11-10-16-29(34)30-17-12-18-31(36(30)39)37(40)42-24-28-14-8-7-9-15-28;3*1-7-5-3-2-4-6-7;/h7-12,14-19,22-23,25-26,39H,13,20-21,24H2,1-6H3;3*2-6H,1H2;/q;3*-1;+4. The Morgan fingerprint density at radius 2 is 1.05 bits per heavy atom. The smallest absolute Gasteiger partial charge is 0.506 e. The van der Waals surface area contributed by atoms with Crippen molar-refractivity contribution in [3.05, 3.63) is 241 Å². The van der Waals surface area contributed by atoms with Gasteiger partial charge >= 0.3 is 32.2 Å². The van der Waals surface area contributed by atoms with Gasteiger partial charge in [0.2, 0.25) is 0 Å². The van der Waals surface area contributed by atoms with Crippen LogP contribution in [0, 0.1) is 27.7 Å². The van der Waals surface area contributed by atoms with Gasteiger partial charge in [0.05, 0.1) is 6.61 Å². The molecule has 7 rings (SSSR count). The number of nitrogens with zero attached hydrogens (tertiary/aromatic N) is 1. The molecule has 6 heteroatoms. The van der Waals surface area contributed by atoms with Gasteiger partial charge < -0.3 is 19.5 Å². The largest absolute Gasteiger partial charge is 4.00 e. The van der Waals surface area contributed by atoms with Gasteiger partial charge in [0.25, 0.3) is 0 Å². The van der Waals surface area contributed by atoms with Crippen molar-refractivity contribution in [2.45, 2.75) is 59.5 Å². The van der Waals surface area contributed by atoms with E-state index < -0.39 is 5.97 Å². The summed E-state index contributed by atoms with van der Waals surface area (Å²) in [5.74, 6) is 0.834. The fourth-order valence-electron chi connectivity index (χ4n) is 6.73. The number of anilines is 1. The molecular weight excluding hydrogens is 866 g/mol. The maximum absolute atomic E-state index is 12.8. The molecule has 7 aromatic rings. The van der Waals surface area contributed by atoms with Gasteiger partial charge in [-0.1, -0.05) is 124 Å². The summed E-state index contributed by atoms with van der Waals surface area (Å²) in [6.45, 7) is 23.8. The monoisotopic (exact) mass is 928 g/mol. The molecule has 0 saturated carbocycles. The molecule has 0 amide bonds. The molecular formula is C58H64NO4Zr+. The van der Waals surface area contributed by atoms with Crippen molar-refractivity contribution in [2.24, 2.45) is 0 Å². The van der Waals surface area contributed by atoms with E-state index in [1.807, 2.05) is 146 Å². The number of ether oxygens (including phenoxy) is 2. The maximum atomic E-state index is 12.8. The van der Waals surface area contributed by atoms with Crippen LogP contribution in [0.3, 0.4) is 0 Å². The second-order valence-corrected chi connectivity index (χ2v) is 15.9. The molecule has 1 N–H and O–H groups in total. The number of carbonyl (C=O) groups excluding carboxylic acids is 1. The van der Waals surface area contributed by atoms with Crippen LogP contribution in [-0.2, 0) is 37.5 Å². The summed E-state index contributed by atoms with van der Waals surface area (Å²) in [5, 5.41) is 11.1. The van der Waals surface area contributed by atoms with Crippen molar-refractivity contribution < 1.29 is 45.6 Å². The van der Waals surface area contributed by atoms with Gasteiger partial charge in [-0.3, -0.25) is 0 Å². The SMILES string of the molecule is Cc1cc(C(C)C)c(N(C)CCCOc2ccccc2-c2cccc(C(=O)OCc3ccccc3)c2O)c(C(C)C)c1.[CH2-]c1ccccc1.[CH2-]c1ccccc1.[CH2-]c1ccccc1.[Zr+4]. The summed E-state index contributed by atoms with van der Waals surface area (Å²) in [6, 6.07) is 56.4. The van der Waals surface area contributed by atoms with Crippen molar-refractivity contribution in [2.75, 3.05) is 25.1 Å². The van der Waals surface area contributed by atoms with Gasteiger partial charge in [0, 0.05) is 30.4 Å². The summed E-state index contributed by atoms with van der Waals surface area (Å²) >= 11 is 0. The molecule has 0 heterocycles. The van der Waals surface area contributed by atoms with Crippen molar-refractivity contribution in [3.8, 4) is 22.6 Å². The van der Waals surface area contributed by atoms with Crippen LogP contribution in [-0.4, -0.2) is 31.3 Å². The maximum Gasteiger partial charge on any atom is 4.00 e. The van der Waals surface area contributed by atoms with Gasteiger partial charge in [0.15, 0.2) is 0 Å². The van der Waals surface area contributed by atoms with Gasteiger partial charge in [-0.15, -0.1) is 36.4 Å². The fraction of sp³-hybridized carbons (Fsp3) is 0.207. The first-order valence-corrected chi connectivity index (χ1v) is 21.6. The Bertz CT molecular complexity index is 2270. The molecule has 0 aliphatic heterocycles. The number of esters is 1. The van der Waals surface area contributed by atoms with Crippen LogP contribution in [0.25, 0.3) is 11.1 Å². The molecule has 64 heavy (non-hydrogen) atoms. The number of carbonyl (C=O) groups is 1. The van der Waals surface area contributed by atoms with Crippen LogP contribution in [0.15, 0.2) is 176 Å². The van der Waals surface area contributed by atoms with E-state index in [4.69, 9.17) is 9.47 Å². The number of phenols is 1. The molecule has 0 aliphatic rings. The topological polar surface area (TPSA) is 59.0 Å². The van der Waals surface area contributed by atoms with Crippen molar-refractivity contribution in [1.82, 2.24) is 0 Å². The third-order valence-electron chi connectivity index (χ3n) is 10.0. The molecule has 0 fully saturated rings. The minimum absolute atomic E-state index is 0. The number of aryl methyl sites for hydroxylation is 1. The third-order valence-corrected chi connectivity index (χ3v) is 10.0. The molecule has 0 saturated heterocycles. The van der Waals surface area contributed by atoms with Gasteiger partial charge in [-0.2, -0.15) is 73.9 Å². The van der Waals surface area contributed by atoms with E-state index in [2.05, 4.69) is 79.5 Å². The predicted molar refractivity (Wildman–Crippen MR) is 265 cm³/mol. The summed E-state index contributed by atoms with van der Waals surface area (Å²) in [5.41, 5.74) is 10.9. The average molecular weight is 930 g/mol. The first kappa shape index (κ1) is 52.2. The van der Waals surface area contributed by atoms with E-state index in [1.165, 1.54) is 22.4 Å². The van der Waals surface area contributed by atoms with Gasteiger partial charge in [-0.25, -0.2) is 4.79 Å². The molecule has 0 aromatic heterocycles. The molecule has 328 valence electrons. The Kier molecular flexibility index (Phi) is 22.7. The number of hydrogen-bond acceptors (Lipinski definition) is 5. The summed E-state index contributed by atoms with van der Waals surface area (Å²) in [4.78, 5) is 15.2. The third kappa shape index (κ3) is 17.2. The Morgan fingerprint density at radius 1 is 0.609 bits per heavy atom. The summed E-state index contributed by atoms with van der Waals surface area (Å²) in [7, 11) is 2.16. The average Bonchev–Trinajstić information content (AvgIpc) is 3.28. The molecule has 0 radical (unpaired) electrons. The molecule has 0 bridgehead atoms. The van der Waals surface area contributed by atoms with E-state index in [1.54, 1.807) is 18.2 Å². The van der Waals surface area contributed by atoms with Crippen molar-refractivity contribution in [3.63, 3.8) is 0 Å². The van der Waals surface area contributed by atoms with Crippen LogP contribution in [0.2, 0.25) is 0 Å². The van der Waals surface area contributed by atoms with Crippen LogP contribution in [0.5, 0.6) is 11.5 Å². The fourth-order valence-corrected chi connectivity index (χ4v) is 6.73. The zero-order chi connectivity index (χ0) is 45.6. The first-order valence-electron chi connectivity index (χ1n) is 21.6. The van der Waals surface area contributed by atoms with Crippen LogP contribution in [0.1, 0.15) is 95.3 Å². The zero-order valence-electron chi connectivity index (χ0n) is 38.5.